The van der Waals surface area contributed by atoms with E-state index in [2.05, 4.69) is 0 Å². The van der Waals surface area contributed by atoms with Crippen molar-refractivity contribution >= 4 is 11.0 Å². The first-order chi connectivity index (χ1) is 14.7. The lowest BCUT2D eigenvalue weighted by atomic mass is 10.1. The number of phenolic OH excluding ortho intramolecular Hbond substituents is 4. The van der Waals surface area contributed by atoms with Crippen LogP contribution in [0, 0.1) is 0 Å². The van der Waals surface area contributed by atoms with Gasteiger partial charge in [0, 0.05) is 17.7 Å². The van der Waals surface area contributed by atoms with Crippen molar-refractivity contribution in [2.24, 2.45) is 0 Å². The van der Waals surface area contributed by atoms with Crippen molar-refractivity contribution in [2.45, 2.75) is 24.6 Å². The summed E-state index contributed by atoms with van der Waals surface area (Å²) in [6.45, 7) is -0.393. The highest BCUT2D eigenvalue weighted by Crippen LogP contribution is 2.39. The van der Waals surface area contributed by atoms with Crippen molar-refractivity contribution in [3.8, 4) is 40.1 Å². The molecule has 0 spiro atoms. The van der Waals surface area contributed by atoms with Crippen molar-refractivity contribution in [3.63, 3.8) is 0 Å². The van der Waals surface area contributed by atoms with E-state index in [0.29, 0.717) is 0 Å². The summed E-state index contributed by atoms with van der Waals surface area (Å²) < 4.78 is 16.3. The highest BCUT2D eigenvalue weighted by atomic mass is 16.7. The molecule has 3 aromatic rings. The summed E-state index contributed by atoms with van der Waals surface area (Å²) in [4.78, 5) is 13.1. The molecule has 1 aliphatic heterocycles. The number of phenols is 4. The molecule has 164 valence electrons. The Hall–Kier alpha value is -3.51. The summed E-state index contributed by atoms with van der Waals surface area (Å²) >= 11 is 0. The van der Waals surface area contributed by atoms with Crippen LogP contribution < -0.4 is 10.2 Å². The van der Waals surface area contributed by atoms with Crippen molar-refractivity contribution in [1.29, 1.82) is 0 Å². The van der Waals surface area contributed by atoms with Crippen LogP contribution in [-0.4, -0.2) is 67.0 Å². The molecule has 1 aliphatic rings. The smallest absolute Gasteiger partial charge is 0.239 e. The van der Waals surface area contributed by atoms with Gasteiger partial charge in [0.15, 0.2) is 17.3 Å². The lowest BCUT2D eigenvalue weighted by Gasteiger charge is -2.34. The molecular formula is C20H18O11. The first-order valence-corrected chi connectivity index (χ1v) is 9.05. The van der Waals surface area contributed by atoms with E-state index >= 15 is 0 Å². The number of hydrogen-bond acceptors (Lipinski definition) is 11. The minimum atomic E-state index is -1.73. The van der Waals surface area contributed by atoms with Crippen LogP contribution in [0.15, 0.2) is 39.5 Å². The standard InChI is InChI=1S/C20H18O11/c21-8-4-11(24)14-13(5-8)30-18(7-1-2-9(22)10(23)3-7)19(16(14)27)31-20-17(28)15(26)12(25)6-29-20/h1-5,12,15,17,20-26,28H,6H2/t12-,15+,17?,20+/m0/s1. The van der Waals surface area contributed by atoms with Gasteiger partial charge in [0.1, 0.15) is 40.8 Å². The van der Waals surface area contributed by atoms with Crippen molar-refractivity contribution < 1.29 is 49.6 Å². The summed E-state index contributed by atoms with van der Waals surface area (Å²) in [5, 5.41) is 68.6. The van der Waals surface area contributed by atoms with Crippen molar-refractivity contribution in [2.75, 3.05) is 6.61 Å². The van der Waals surface area contributed by atoms with Gasteiger partial charge >= 0.3 is 0 Å². The predicted molar refractivity (Wildman–Crippen MR) is 103 cm³/mol. The van der Waals surface area contributed by atoms with Crippen LogP contribution in [-0.2, 0) is 4.74 Å². The maximum atomic E-state index is 13.1. The number of aliphatic hydroxyl groups excluding tert-OH is 3. The Kier molecular flexibility index (Phi) is 5.11. The van der Waals surface area contributed by atoms with Gasteiger partial charge in [0.05, 0.1) is 6.61 Å². The Morgan fingerprint density at radius 1 is 0.903 bits per heavy atom. The normalized spacial score (nSPS) is 23.7. The average molecular weight is 434 g/mol. The van der Waals surface area contributed by atoms with E-state index < -0.39 is 59.6 Å². The molecule has 2 aromatic carbocycles. The number of fused-ring (bicyclic) bond motifs is 1. The lowest BCUT2D eigenvalue weighted by molar-refractivity contribution is -0.242. The van der Waals surface area contributed by atoms with E-state index in [-0.39, 0.29) is 28.0 Å². The Balaban J connectivity index is 1.92. The molecule has 1 aromatic heterocycles. The number of hydrogen-bond donors (Lipinski definition) is 7. The molecule has 31 heavy (non-hydrogen) atoms. The van der Waals surface area contributed by atoms with Crippen LogP contribution in [0.3, 0.4) is 0 Å². The second-order valence-electron chi connectivity index (χ2n) is 7.00. The number of benzene rings is 2. The first kappa shape index (κ1) is 20.8. The van der Waals surface area contributed by atoms with Crippen LogP contribution in [0.25, 0.3) is 22.3 Å². The molecule has 0 radical (unpaired) electrons. The molecule has 7 N–H and O–H groups in total. The third-order valence-corrected chi connectivity index (χ3v) is 4.84. The van der Waals surface area contributed by atoms with Gasteiger partial charge in [-0.2, -0.15) is 0 Å². The predicted octanol–water partition coefficient (Wildman–Crippen LogP) is 0.100. The molecule has 2 heterocycles. The molecule has 11 heteroatoms. The molecule has 0 amide bonds. The molecular weight excluding hydrogens is 416 g/mol. The Bertz CT molecular complexity index is 1200. The zero-order valence-corrected chi connectivity index (χ0v) is 15.7. The lowest BCUT2D eigenvalue weighted by Crippen LogP contribution is -2.55. The van der Waals surface area contributed by atoms with Gasteiger partial charge in [-0.3, -0.25) is 4.79 Å². The fraction of sp³-hybridized carbons (Fsp3) is 0.250. The third kappa shape index (κ3) is 3.59. The summed E-state index contributed by atoms with van der Waals surface area (Å²) in [6.07, 6.45) is -6.29. The molecule has 4 atom stereocenters. The SMILES string of the molecule is O=c1c(O[C@H]2OC[C@H](O)[C@@H](O)C2O)c(-c2ccc(O)c(O)c2)oc2cc(O)cc(O)c12. The molecule has 4 rings (SSSR count). The van der Waals surface area contributed by atoms with Crippen molar-refractivity contribution in [3.05, 3.63) is 40.6 Å². The van der Waals surface area contributed by atoms with E-state index in [4.69, 9.17) is 13.9 Å². The number of rotatable bonds is 3. The quantitative estimate of drug-likeness (QED) is 0.277. The van der Waals surface area contributed by atoms with E-state index in [1.54, 1.807) is 0 Å². The van der Waals surface area contributed by atoms with E-state index in [0.717, 1.165) is 24.3 Å². The van der Waals surface area contributed by atoms with Gasteiger partial charge in [-0.1, -0.05) is 0 Å². The molecule has 0 aliphatic carbocycles. The zero-order valence-electron chi connectivity index (χ0n) is 15.7. The third-order valence-electron chi connectivity index (χ3n) is 4.84. The van der Waals surface area contributed by atoms with Gasteiger partial charge in [0.2, 0.25) is 17.5 Å². The molecule has 11 nitrogen and oxygen atoms in total. The Labute approximate surface area is 173 Å². The molecule has 1 saturated heterocycles. The molecule has 1 unspecified atom stereocenters. The maximum Gasteiger partial charge on any atom is 0.239 e. The monoisotopic (exact) mass is 434 g/mol. The van der Waals surface area contributed by atoms with Crippen molar-refractivity contribution in [1.82, 2.24) is 0 Å². The topological polar surface area (TPSA) is 190 Å². The van der Waals surface area contributed by atoms with Gasteiger partial charge in [-0.15, -0.1) is 0 Å². The summed E-state index contributed by atoms with van der Waals surface area (Å²) in [7, 11) is 0. The van der Waals surface area contributed by atoms with Gasteiger partial charge < -0.3 is 49.6 Å². The minimum absolute atomic E-state index is 0.0676. The number of ether oxygens (including phenoxy) is 2. The van der Waals surface area contributed by atoms with E-state index in [1.165, 1.54) is 6.07 Å². The Morgan fingerprint density at radius 2 is 1.65 bits per heavy atom. The number of aromatic hydroxyl groups is 4. The van der Waals surface area contributed by atoms with Gasteiger partial charge in [-0.05, 0) is 18.2 Å². The van der Waals surface area contributed by atoms with Gasteiger partial charge in [-0.25, -0.2) is 0 Å². The summed E-state index contributed by atoms with van der Waals surface area (Å²) in [5.74, 6) is -2.79. The molecule has 0 saturated carbocycles. The van der Waals surface area contributed by atoms with Crippen LogP contribution in [0.1, 0.15) is 0 Å². The van der Waals surface area contributed by atoms with Crippen LogP contribution in [0.4, 0.5) is 0 Å². The maximum absolute atomic E-state index is 13.1. The molecule has 1 fully saturated rings. The highest BCUT2D eigenvalue weighted by molar-refractivity contribution is 5.88. The minimum Gasteiger partial charge on any atom is -0.508 e. The summed E-state index contributed by atoms with van der Waals surface area (Å²) in [5.41, 5.74) is -1.05. The highest BCUT2D eigenvalue weighted by Gasteiger charge is 2.40. The fourth-order valence-corrected chi connectivity index (χ4v) is 3.23. The number of aliphatic hydroxyl groups is 3. The second kappa shape index (κ2) is 7.63. The van der Waals surface area contributed by atoms with Gasteiger partial charge in [0.25, 0.3) is 0 Å². The van der Waals surface area contributed by atoms with E-state index in [1.807, 2.05) is 0 Å². The Morgan fingerprint density at radius 3 is 2.35 bits per heavy atom. The largest absolute Gasteiger partial charge is 0.508 e. The summed E-state index contributed by atoms with van der Waals surface area (Å²) in [6, 6.07) is 5.50. The van der Waals surface area contributed by atoms with Crippen LogP contribution >= 0.6 is 0 Å². The second-order valence-corrected chi connectivity index (χ2v) is 7.00. The first-order valence-electron chi connectivity index (χ1n) is 9.05. The fourth-order valence-electron chi connectivity index (χ4n) is 3.23. The van der Waals surface area contributed by atoms with E-state index in [9.17, 15) is 40.5 Å². The molecule has 0 bridgehead atoms. The van der Waals surface area contributed by atoms with Crippen LogP contribution in [0.5, 0.6) is 28.7 Å². The average Bonchev–Trinajstić information content (AvgIpc) is 2.71. The zero-order chi connectivity index (χ0) is 22.4. The van der Waals surface area contributed by atoms with Crippen LogP contribution in [0.2, 0.25) is 0 Å².